The summed E-state index contributed by atoms with van der Waals surface area (Å²) in [6, 6.07) is 0. The summed E-state index contributed by atoms with van der Waals surface area (Å²) < 4.78 is 21.4. The van der Waals surface area contributed by atoms with Gasteiger partial charge in [0.15, 0.2) is 0 Å². The van der Waals surface area contributed by atoms with Crippen LogP contribution in [0.2, 0.25) is 0 Å². The number of hydrogen-bond acceptors (Lipinski definition) is 3. The molecule has 0 atom stereocenters. The van der Waals surface area contributed by atoms with E-state index >= 15 is 0 Å². The lowest BCUT2D eigenvalue weighted by molar-refractivity contribution is 0.236. The Bertz CT molecular complexity index is 206. The minimum absolute atomic E-state index is 0.486. The van der Waals surface area contributed by atoms with Gasteiger partial charge in [0.1, 0.15) is 0 Å². The number of nitrogens with one attached hydrogen (secondary N) is 1. The van der Waals surface area contributed by atoms with Crippen LogP contribution in [-0.2, 0) is 10.0 Å². The van der Waals surface area contributed by atoms with E-state index in [2.05, 4.69) is 0 Å². The van der Waals surface area contributed by atoms with Crippen molar-refractivity contribution in [3.8, 4) is 0 Å². The van der Waals surface area contributed by atoms with Crippen LogP contribution in [0.4, 0.5) is 0 Å². The molecule has 0 radical (unpaired) electrons. The zero-order valence-electron chi connectivity index (χ0n) is 7.09. The van der Waals surface area contributed by atoms with Gasteiger partial charge >= 0.3 is 0 Å². The Labute approximate surface area is 67.6 Å². The van der Waals surface area contributed by atoms with Crippen molar-refractivity contribution >= 4 is 10.0 Å². The van der Waals surface area contributed by atoms with Crippen LogP contribution in [0, 0.1) is 0 Å². The second-order valence-electron chi connectivity index (χ2n) is 2.75. The highest BCUT2D eigenvalue weighted by atomic mass is 32.2. The first kappa shape index (κ1) is 10.9. The average molecular weight is 181 g/mol. The van der Waals surface area contributed by atoms with E-state index in [0.29, 0.717) is 12.8 Å². The molecule has 0 amide bonds. The molecule has 0 spiro atoms. The molecule has 11 heavy (non-hydrogen) atoms. The summed E-state index contributed by atoms with van der Waals surface area (Å²) in [6.07, 6.45) is 0.971. The van der Waals surface area contributed by atoms with Gasteiger partial charge in [-0.1, -0.05) is 18.7 Å². The van der Waals surface area contributed by atoms with Crippen molar-refractivity contribution in [2.75, 3.05) is 0 Å². The zero-order valence-corrected chi connectivity index (χ0v) is 7.90. The van der Waals surface area contributed by atoms with Gasteiger partial charge in [0, 0.05) is 0 Å². The second kappa shape index (κ2) is 3.51. The highest BCUT2D eigenvalue weighted by molar-refractivity contribution is 7.90. The van der Waals surface area contributed by atoms with Crippen molar-refractivity contribution in [3.05, 3.63) is 0 Å². The highest BCUT2D eigenvalue weighted by Crippen LogP contribution is 2.23. The SMILES string of the molecule is CCC(C)(CC)S(=O)(=O)NO. The number of hydrogen-bond donors (Lipinski definition) is 2. The molecule has 0 aromatic heterocycles. The van der Waals surface area contributed by atoms with E-state index < -0.39 is 14.8 Å². The molecule has 2 N–H and O–H groups in total. The van der Waals surface area contributed by atoms with Crippen LogP contribution in [0.15, 0.2) is 0 Å². The third-order valence-corrected chi connectivity index (χ3v) is 4.38. The minimum Gasteiger partial charge on any atom is -0.302 e. The van der Waals surface area contributed by atoms with E-state index in [-0.39, 0.29) is 0 Å². The fourth-order valence-corrected chi connectivity index (χ4v) is 1.72. The molecule has 0 aromatic carbocycles. The van der Waals surface area contributed by atoms with Crippen LogP contribution < -0.4 is 4.89 Å². The molecule has 0 unspecified atom stereocenters. The Hall–Kier alpha value is -0.130. The Morgan fingerprint density at radius 2 is 1.73 bits per heavy atom. The quantitative estimate of drug-likeness (QED) is 0.632. The molecular formula is C6H15NO3S. The summed E-state index contributed by atoms with van der Waals surface area (Å²) in [6.45, 7) is 5.16. The van der Waals surface area contributed by atoms with Gasteiger partial charge in [-0.25, -0.2) is 8.42 Å². The van der Waals surface area contributed by atoms with Crippen LogP contribution in [0.1, 0.15) is 33.6 Å². The largest absolute Gasteiger partial charge is 0.302 e. The predicted molar refractivity (Wildman–Crippen MR) is 42.8 cm³/mol. The Morgan fingerprint density at radius 3 is 1.82 bits per heavy atom. The van der Waals surface area contributed by atoms with Crippen LogP contribution in [0.3, 0.4) is 0 Å². The summed E-state index contributed by atoms with van der Waals surface area (Å²) >= 11 is 0. The zero-order chi connectivity index (χ0) is 9.12. The van der Waals surface area contributed by atoms with Crippen molar-refractivity contribution in [2.24, 2.45) is 0 Å². The molecule has 0 saturated carbocycles. The molecule has 0 bridgehead atoms. The molecule has 0 aromatic rings. The lowest BCUT2D eigenvalue weighted by atomic mass is 10.1. The molecule has 5 heteroatoms. The van der Waals surface area contributed by atoms with Gasteiger partial charge in [0.25, 0.3) is 0 Å². The third kappa shape index (κ3) is 1.91. The van der Waals surface area contributed by atoms with E-state index in [0.717, 1.165) is 0 Å². The first-order valence-corrected chi connectivity index (χ1v) is 5.07. The Balaban J connectivity index is 4.78. The second-order valence-corrected chi connectivity index (χ2v) is 4.93. The molecule has 0 aliphatic rings. The van der Waals surface area contributed by atoms with Crippen LogP contribution in [0.5, 0.6) is 0 Å². The van der Waals surface area contributed by atoms with Crippen molar-refractivity contribution < 1.29 is 13.6 Å². The smallest absolute Gasteiger partial charge is 0.238 e. The first-order chi connectivity index (χ1) is 4.93. The predicted octanol–water partition coefficient (Wildman–Crippen LogP) is 0.874. The lowest BCUT2D eigenvalue weighted by Crippen LogP contribution is -2.41. The average Bonchev–Trinajstić information content (AvgIpc) is 2.02. The minimum atomic E-state index is -3.55. The molecule has 68 valence electrons. The summed E-state index contributed by atoms with van der Waals surface area (Å²) in [5.74, 6) is 0. The fourth-order valence-electron chi connectivity index (χ4n) is 0.740. The summed E-state index contributed by atoms with van der Waals surface area (Å²) in [7, 11) is -3.55. The van der Waals surface area contributed by atoms with Crippen molar-refractivity contribution in [1.29, 1.82) is 0 Å². The van der Waals surface area contributed by atoms with Crippen molar-refractivity contribution in [3.63, 3.8) is 0 Å². The molecular weight excluding hydrogens is 166 g/mol. The van der Waals surface area contributed by atoms with E-state index in [1.165, 1.54) is 4.89 Å². The highest BCUT2D eigenvalue weighted by Gasteiger charge is 2.35. The van der Waals surface area contributed by atoms with E-state index in [1.807, 2.05) is 0 Å². The topological polar surface area (TPSA) is 66.4 Å². The molecule has 0 heterocycles. The van der Waals surface area contributed by atoms with Crippen LogP contribution >= 0.6 is 0 Å². The van der Waals surface area contributed by atoms with Gasteiger partial charge in [-0.05, 0) is 19.8 Å². The van der Waals surface area contributed by atoms with Crippen molar-refractivity contribution in [1.82, 2.24) is 4.89 Å². The fraction of sp³-hybridized carbons (Fsp3) is 1.00. The first-order valence-electron chi connectivity index (χ1n) is 3.59. The maximum atomic E-state index is 11.1. The number of sulfonamides is 1. The van der Waals surface area contributed by atoms with Gasteiger partial charge < -0.3 is 5.21 Å². The van der Waals surface area contributed by atoms with Gasteiger partial charge in [0.2, 0.25) is 10.0 Å². The van der Waals surface area contributed by atoms with Gasteiger partial charge in [-0.15, -0.1) is 0 Å². The van der Waals surface area contributed by atoms with Crippen LogP contribution in [-0.4, -0.2) is 18.4 Å². The van der Waals surface area contributed by atoms with Gasteiger partial charge in [0.05, 0.1) is 4.75 Å². The molecule has 4 nitrogen and oxygen atoms in total. The van der Waals surface area contributed by atoms with E-state index in [4.69, 9.17) is 5.21 Å². The third-order valence-electron chi connectivity index (χ3n) is 2.26. The standard InChI is InChI=1S/C6H15NO3S/c1-4-6(3,5-2)11(9,10)7-8/h7-8H,4-5H2,1-3H3. The molecule has 0 aliphatic heterocycles. The monoisotopic (exact) mass is 181 g/mol. The van der Waals surface area contributed by atoms with Gasteiger partial charge in [-0.2, -0.15) is 0 Å². The van der Waals surface area contributed by atoms with Crippen LogP contribution in [0.25, 0.3) is 0 Å². The normalized spacial score (nSPS) is 13.5. The Morgan fingerprint density at radius 1 is 1.36 bits per heavy atom. The van der Waals surface area contributed by atoms with Crippen molar-refractivity contribution in [2.45, 2.75) is 38.4 Å². The summed E-state index contributed by atoms with van der Waals surface area (Å²) in [5, 5.41) is 8.35. The van der Waals surface area contributed by atoms with Gasteiger partial charge in [-0.3, -0.25) is 0 Å². The molecule has 0 rings (SSSR count). The molecule has 0 saturated heterocycles. The number of rotatable bonds is 4. The molecule has 0 aliphatic carbocycles. The Kier molecular flexibility index (Phi) is 3.47. The summed E-state index contributed by atoms with van der Waals surface area (Å²) in [4.78, 5) is 1.36. The lowest BCUT2D eigenvalue weighted by Gasteiger charge is -2.24. The van der Waals surface area contributed by atoms with E-state index in [1.54, 1.807) is 20.8 Å². The maximum absolute atomic E-state index is 11.1. The summed E-state index contributed by atoms with van der Waals surface area (Å²) in [5.41, 5.74) is 0. The maximum Gasteiger partial charge on any atom is 0.238 e. The molecule has 0 fully saturated rings. The van der Waals surface area contributed by atoms with E-state index in [9.17, 15) is 8.42 Å².